The molecule has 8 heteroatoms. The second-order valence-corrected chi connectivity index (χ2v) is 5.78. The number of aromatic amines is 1. The van der Waals surface area contributed by atoms with Gasteiger partial charge in [0.25, 0.3) is 0 Å². The maximum absolute atomic E-state index is 12.5. The van der Waals surface area contributed by atoms with Crippen LogP contribution in [0.4, 0.5) is 13.2 Å². The van der Waals surface area contributed by atoms with Crippen molar-refractivity contribution in [1.29, 1.82) is 0 Å². The minimum Gasteiger partial charge on any atom is -0.347 e. The van der Waals surface area contributed by atoms with E-state index in [2.05, 4.69) is 15.3 Å². The Morgan fingerprint density at radius 1 is 1.33 bits per heavy atom. The predicted molar refractivity (Wildman–Crippen MR) is 81.0 cm³/mol. The van der Waals surface area contributed by atoms with Gasteiger partial charge in [-0.3, -0.25) is 10.1 Å². The Morgan fingerprint density at radius 2 is 2.08 bits per heavy atom. The molecule has 0 bridgehead atoms. The normalized spacial score (nSPS) is 19.7. The van der Waals surface area contributed by atoms with Crippen molar-refractivity contribution in [2.75, 3.05) is 13.1 Å². The molecule has 0 spiro atoms. The SMILES string of the molecule is O=C1C[C@H](N[C@@H](c2ccccc2)c2ncc[nH]2)CN1CC(F)(F)F. The molecule has 24 heavy (non-hydrogen) atoms. The van der Waals surface area contributed by atoms with E-state index >= 15 is 0 Å². The van der Waals surface area contributed by atoms with Gasteiger partial charge in [-0.15, -0.1) is 0 Å². The first-order valence-corrected chi connectivity index (χ1v) is 7.57. The molecule has 2 N–H and O–H groups in total. The smallest absolute Gasteiger partial charge is 0.347 e. The minimum atomic E-state index is -4.38. The lowest BCUT2D eigenvalue weighted by Crippen LogP contribution is -2.39. The molecule has 2 atom stereocenters. The molecule has 1 fully saturated rings. The van der Waals surface area contributed by atoms with E-state index in [4.69, 9.17) is 0 Å². The maximum Gasteiger partial charge on any atom is 0.406 e. The van der Waals surface area contributed by atoms with Crippen molar-refractivity contribution in [2.45, 2.75) is 24.7 Å². The van der Waals surface area contributed by atoms with Crippen LogP contribution in [-0.2, 0) is 4.79 Å². The van der Waals surface area contributed by atoms with Gasteiger partial charge in [0.15, 0.2) is 0 Å². The number of carbonyl (C=O) groups excluding carboxylic acids is 1. The zero-order chi connectivity index (χ0) is 17.2. The summed E-state index contributed by atoms with van der Waals surface area (Å²) in [4.78, 5) is 19.9. The lowest BCUT2D eigenvalue weighted by molar-refractivity contribution is -0.157. The number of halogens is 3. The van der Waals surface area contributed by atoms with Gasteiger partial charge in [-0.25, -0.2) is 4.98 Å². The molecular weight excluding hydrogens is 321 g/mol. The van der Waals surface area contributed by atoms with Crippen molar-refractivity contribution in [3.8, 4) is 0 Å². The average Bonchev–Trinajstić information content (AvgIpc) is 3.15. The number of nitrogens with one attached hydrogen (secondary N) is 2. The molecule has 1 aromatic carbocycles. The number of benzene rings is 1. The number of amides is 1. The van der Waals surface area contributed by atoms with Gasteiger partial charge in [-0.2, -0.15) is 13.2 Å². The molecule has 5 nitrogen and oxygen atoms in total. The van der Waals surface area contributed by atoms with E-state index < -0.39 is 18.6 Å². The van der Waals surface area contributed by atoms with Crippen molar-refractivity contribution in [3.63, 3.8) is 0 Å². The van der Waals surface area contributed by atoms with Crippen LogP contribution in [0.2, 0.25) is 0 Å². The summed E-state index contributed by atoms with van der Waals surface area (Å²) in [6.45, 7) is -1.18. The second-order valence-electron chi connectivity index (χ2n) is 5.78. The molecular formula is C16H17F3N4O. The zero-order valence-corrected chi connectivity index (χ0v) is 12.8. The number of imidazole rings is 1. The molecule has 1 aliphatic rings. The van der Waals surface area contributed by atoms with E-state index in [1.807, 2.05) is 30.3 Å². The highest BCUT2D eigenvalue weighted by atomic mass is 19.4. The molecule has 1 amide bonds. The monoisotopic (exact) mass is 338 g/mol. The van der Waals surface area contributed by atoms with Crippen molar-refractivity contribution in [1.82, 2.24) is 20.2 Å². The highest BCUT2D eigenvalue weighted by molar-refractivity contribution is 5.79. The molecule has 3 rings (SSSR count). The Balaban J connectivity index is 1.74. The molecule has 1 aromatic heterocycles. The first-order chi connectivity index (χ1) is 11.4. The van der Waals surface area contributed by atoms with Crippen LogP contribution in [0, 0.1) is 0 Å². The van der Waals surface area contributed by atoms with E-state index in [1.54, 1.807) is 12.4 Å². The standard InChI is InChI=1S/C16H17F3N4O/c17-16(18,19)10-23-9-12(8-13(23)24)22-14(15-20-6-7-21-15)11-4-2-1-3-5-11/h1-7,12,14,22H,8-10H2,(H,20,21)/t12-,14-/m0/s1. The lowest BCUT2D eigenvalue weighted by atomic mass is 10.0. The van der Waals surface area contributed by atoms with Crippen molar-refractivity contribution < 1.29 is 18.0 Å². The van der Waals surface area contributed by atoms with E-state index in [1.165, 1.54) is 0 Å². The number of hydrogen-bond donors (Lipinski definition) is 2. The summed E-state index contributed by atoms with van der Waals surface area (Å²) in [5.41, 5.74) is 0.925. The van der Waals surface area contributed by atoms with Gasteiger partial charge in [0.05, 0.1) is 6.04 Å². The average molecular weight is 338 g/mol. The highest BCUT2D eigenvalue weighted by Crippen LogP contribution is 2.24. The Kier molecular flexibility index (Phi) is 4.57. The fourth-order valence-electron chi connectivity index (χ4n) is 2.90. The third kappa shape index (κ3) is 3.94. The van der Waals surface area contributed by atoms with E-state index in [9.17, 15) is 18.0 Å². The van der Waals surface area contributed by atoms with Gasteiger partial charge < -0.3 is 9.88 Å². The Labute approximate surface area is 136 Å². The van der Waals surface area contributed by atoms with Crippen LogP contribution < -0.4 is 5.32 Å². The van der Waals surface area contributed by atoms with Crippen LogP contribution in [0.25, 0.3) is 0 Å². The topological polar surface area (TPSA) is 61.0 Å². The first-order valence-electron chi connectivity index (χ1n) is 7.57. The van der Waals surface area contributed by atoms with Crippen LogP contribution in [0.5, 0.6) is 0 Å². The summed E-state index contributed by atoms with van der Waals surface area (Å²) in [7, 11) is 0. The number of likely N-dealkylation sites (tertiary alicyclic amines) is 1. The second kappa shape index (κ2) is 6.64. The van der Waals surface area contributed by atoms with Crippen LogP contribution in [-0.4, -0.2) is 46.1 Å². The number of carbonyl (C=O) groups is 1. The maximum atomic E-state index is 12.5. The number of aromatic nitrogens is 2. The lowest BCUT2D eigenvalue weighted by Gasteiger charge is -2.22. The van der Waals surface area contributed by atoms with Gasteiger partial charge in [-0.1, -0.05) is 30.3 Å². The van der Waals surface area contributed by atoms with E-state index in [-0.39, 0.29) is 25.0 Å². The number of hydrogen-bond acceptors (Lipinski definition) is 3. The van der Waals surface area contributed by atoms with Gasteiger partial charge in [0.2, 0.25) is 5.91 Å². The summed E-state index contributed by atoms with van der Waals surface area (Å²) in [5.74, 6) is 0.166. The fourth-order valence-corrected chi connectivity index (χ4v) is 2.90. The summed E-state index contributed by atoms with van der Waals surface area (Å²) in [6, 6.07) is 8.77. The fraction of sp³-hybridized carbons (Fsp3) is 0.375. The molecule has 2 aromatic rings. The molecule has 0 unspecified atom stereocenters. The highest BCUT2D eigenvalue weighted by Gasteiger charge is 2.39. The van der Waals surface area contributed by atoms with Crippen LogP contribution in [0.1, 0.15) is 23.9 Å². The number of H-pyrrole nitrogens is 1. The van der Waals surface area contributed by atoms with Crippen LogP contribution in [0.15, 0.2) is 42.7 Å². The molecule has 2 heterocycles. The number of rotatable bonds is 5. The summed E-state index contributed by atoms with van der Waals surface area (Å²) in [5, 5.41) is 3.26. The van der Waals surface area contributed by atoms with E-state index in [0.717, 1.165) is 10.5 Å². The van der Waals surface area contributed by atoms with Crippen molar-refractivity contribution >= 4 is 5.91 Å². The molecule has 0 radical (unpaired) electrons. The summed E-state index contributed by atoms with van der Waals surface area (Å²) in [6.07, 6.45) is -1.05. The molecule has 0 aliphatic carbocycles. The minimum absolute atomic E-state index is 0.0301. The van der Waals surface area contributed by atoms with Gasteiger partial charge in [0, 0.05) is 31.4 Å². The van der Waals surface area contributed by atoms with Crippen LogP contribution in [0.3, 0.4) is 0 Å². The number of nitrogens with zero attached hydrogens (tertiary/aromatic N) is 2. The number of alkyl halides is 3. The molecule has 128 valence electrons. The van der Waals surface area contributed by atoms with E-state index in [0.29, 0.717) is 5.82 Å². The quantitative estimate of drug-likeness (QED) is 0.879. The molecule has 1 saturated heterocycles. The van der Waals surface area contributed by atoms with Crippen LogP contribution >= 0.6 is 0 Å². The third-order valence-corrected chi connectivity index (χ3v) is 3.91. The predicted octanol–water partition coefficient (Wildman–Crippen LogP) is 2.25. The largest absolute Gasteiger partial charge is 0.406 e. The Morgan fingerprint density at radius 3 is 2.71 bits per heavy atom. The summed E-state index contributed by atoms with van der Waals surface area (Å²) < 4.78 is 37.6. The third-order valence-electron chi connectivity index (χ3n) is 3.91. The van der Waals surface area contributed by atoms with Crippen molar-refractivity contribution in [3.05, 3.63) is 54.1 Å². The molecule has 0 saturated carbocycles. The van der Waals surface area contributed by atoms with Gasteiger partial charge in [0.1, 0.15) is 12.4 Å². The Hall–Kier alpha value is -2.35. The van der Waals surface area contributed by atoms with Crippen molar-refractivity contribution in [2.24, 2.45) is 0 Å². The zero-order valence-electron chi connectivity index (χ0n) is 12.8. The van der Waals surface area contributed by atoms with Gasteiger partial charge >= 0.3 is 6.18 Å². The summed E-state index contributed by atoms with van der Waals surface area (Å²) >= 11 is 0. The molecule has 1 aliphatic heterocycles. The Bertz CT molecular complexity index is 672. The first kappa shape index (κ1) is 16.5. The van der Waals surface area contributed by atoms with Gasteiger partial charge in [-0.05, 0) is 5.56 Å².